The third kappa shape index (κ3) is 2.91. The molecule has 0 radical (unpaired) electrons. The van der Waals surface area contributed by atoms with E-state index in [1.54, 1.807) is 0 Å². The van der Waals surface area contributed by atoms with E-state index in [0.29, 0.717) is 6.04 Å². The van der Waals surface area contributed by atoms with Crippen molar-refractivity contribution in [3.05, 3.63) is 35.9 Å². The van der Waals surface area contributed by atoms with E-state index in [1.807, 2.05) is 30.3 Å². The fourth-order valence-corrected chi connectivity index (χ4v) is 2.41. The molecule has 1 aliphatic carbocycles. The van der Waals surface area contributed by atoms with E-state index in [1.165, 1.54) is 26.4 Å². The maximum Gasteiger partial charge on any atom is 0.314 e. The lowest BCUT2D eigenvalue weighted by atomic mass is 9.90. The van der Waals surface area contributed by atoms with E-state index < -0.39 is 0 Å². The summed E-state index contributed by atoms with van der Waals surface area (Å²) in [5.74, 6) is -0.325. The van der Waals surface area contributed by atoms with Gasteiger partial charge in [-0.05, 0) is 25.5 Å². The Morgan fingerprint density at radius 1 is 1.39 bits per heavy atom. The minimum atomic E-state index is -0.179. The van der Waals surface area contributed by atoms with Gasteiger partial charge in [0.15, 0.2) is 0 Å². The molecule has 0 aliphatic heterocycles. The SMILES string of the molecule is COC(=O)C(CN(C)C1CCC1)c1ccccc1. The molecule has 18 heavy (non-hydrogen) atoms. The molecule has 0 spiro atoms. The van der Waals surface area contributed by atoms with Crippen molar-refractivity contribution in [2.75, 3.05) is 20.7 Å². The summed E-state index contributed by atoms with van der Waals surface area (Å²) in [6.07, 6.45) is 3.81. The first-order chi connectivity index (χ1) is 8.72. The van der Waals surface area contributed by atoms with E-state index >= 15 is 0 Å². The minimum Gasteiger partial charge on any atom is -0.469 e. The number of rotatable bonds is 5. The summed E-state index contributed by atoms with van der Waals surface area (Å²) in [7, 11) is 3.56. The highest BCUT2D eigenvalue weighted by Crippen LogP contribution is 2.26. The van der Waals surface area contributed by atoms with Gasteiger partial charge in [0, 0.05) is 12.6 Å². The van der Waals surface area contributed by atoms with Crippen LogP contribution in [0.25, 0.3) is 0 Å². The molecule has 1 unspecified atom stereocenters. The van der Waals surface area contributed by atoms with Crippen molar-refractivity contribution in [1.82, 2.24) is 4.90 Å². The molecular formula is C15H21NO2. The molecule has 1 aromatic rings. The zero-order valence-electron chi connectivity index (χ0n) is 11.1. The summed E-state index contributed by atoms with van der Waals surface area (Å²) in [6, 6.07) is 10.5. The van der Waals surface area contributed by atoms with Crippen molar-refractivity contribution < 1.29 is 9.53 Å². The van der Waals surface area contributed by atoms with Crippen LogP contribution in [-0.4, -0.2) is 37.6 Å². The van der Waals surface area contributed by atoms with E-state index in [-0.39, 0.29) is 11.9 Å². The van der Waals surface area contributed by atoms with E-state index in [4.69, 9.17) is 4.74 Å². The number of methoxy groups -OCH3 is 1. The van der Waals surface area contributed by atoms with Crippen molar-refractivity contribution >= 4 is 5.97 Å². The molecule has 0 heterocycles. The maximum atomic E-state index is 11.9. The Hall–Kier alpha value is -1.35. The Bertz CT molecular complexity index is 387. The van der Waals surface area contributed by atoms with Crippen LogP contribution in [0.4, 0.5) is 0 Å². The van der Waals surface area contributed by atoms with Crippen molar-refractivity contribution in [3.63, 3.8) is 0 Å². The molecule has 98 valence electrons. The molecule has 1 aromatic carbocycles. The van der Waals surface area contributed by atoms with Crippen LogP contribution >= 0.6 is 0 Å². The maximum absolute atomic E-state index is 11.9. The number of nitrogens with zero attached hydrogens (tertiary/aromatic N) is 1. The number of carbonyl (C=O) groups is 1. The van der Waals surface area contributed by atoms with Crippen LogP contribution < -0.4 is 0 Å². The van der Waals surface area contributed by atoms with Gasteiger partial charge in [-0.3, -0.25) is 4.79 Å². The number of hydrogen-bond acceptors (Lipinski definition) is 3. The lowest BCUT2D eigenvalue weighted by Crippen LogP contribution is -2.41. The van der Waals surface area contributed by atoms with Gasteiger partial charge in [-0.15, -0.1) is 0 Å². The van der Waals surface area contributed by atoms with Gasteiger partial charge >= 0.3 is 5.97 Å². The number of benzene rings is 1. The third-order valence-electron chi connectivity index (χ3n) is 3.86. The van der Waals surface area contributed by atoms with Crippen molar-refractivity contribution in [2.45, 2.75) is 31.2 Å². The average Bonchev–Trinajstić information content (AvgIpc) is 2.34. The molecule has 2 rings (SSSR count). The number of esters is 1. The van der Waals surface area contributed by atoms with Gasteiger partial charge < -0.3 is 9.64 Å². The molecule has 3 nitrogen and oxygen atoms in total. The van der Waals surface area contributed by atoms with Gasteiger partial charge in [0.1, 0.15) is 0 Å². The van der Waals surface area contributed by atoms with Crippen LogP contribution in [0, 0.1) is 0 Å². The third-order valence-corrected chi connectivity index (χ3v) is 3.86. The molecule has 1 fully saturated rings. The van der Waals surface area contributed by atoms with Gasteiger partial charge in [0.2, 0.25) is 0 Å². The normalized spacial score (nSPS) is 17.3. The van der Waals surface area contributed by atoms with Crippen LogP contribution in [0.15, 0.2) is 30.3 Å². The highest BCUT2D eigenvalue weighted by Gasteiger charge is 2.28. The molecule has 0 aromatic heterocycles. The topological polar surface area (TPSA) is 29.5 Å². The monoisotopic (exact) mass is 247 g/mol. The molecule has 0 amide bonds. The predicted octanol–water partition coefficient (Wildman–Crippen LogP) is 2.43. The fourth-order valence-electron chi connectivity index (χ4n) is 2.41. The van der Waals surface area contributed by atoms with Gasteiger partial charge in [-0.2, -0.15) is 0 Å². The molecule has 1 atom stereocenters. The van der Waals surface area contributed by atoms with Gasteiger partial charge in [-0.25, -0.2) is 0 Å². The Morgan fingerprint density at radius 3 is 2.56 bits per heavy atom. The summed E-state index contributed by atoms with van der Waals surface area (Å²) < 4.78 is 4.93. The molecule has 1 aliphatic rings. The summed E-state index contributed by atoms with van der Waals surface area (Å²) in [6.45, 7) is 0.737. The van der Waals surface area contributed by atoms with Crippen LogP contribution in [0.1, 0.15) is 30.7 Å². The molecule has 0 saturated heterocycles. The summed E-state index contributed by atoms with van der Waals surface area (Å²) in [5.41, 5.74) is 1.04. The number of ether oxygens (including phenoxy) is 1. The molecular weight excluding hydrogens is 226 g/mol. The van der Waals surface area contributed by atoms with Crippen LogP contribution in [-0.2, 0) is 9.53 Å². The first kappa shape index (κ1) is 13.1. The second-order valence-electron chi connectivity index (χ2n) is 5.01. The van der Waals surface area contributed by atoms with E-state index in [9.17, 15) is 4.79 Å². The fraction of sp³-hybridized carbons (Fsp3) is 0.533. The standard InChI is InChI=1S/C15H21NO2/c1-16(13-9-6-10-13)11-14(15(17)18-2)12-7-4-3-5-8-12/h3-5,7-8,13-14H,6,9-11H2,1-2H3. The van der Waals surface area contributed by atoms with Gasteiger partial charge in [0.05, 0.1) is 13.0 Å². The zero-order chi connectivity index (χ0) is 13.0. The highest BCUT2D eigenvalue weighted by atomic mass is 16.5. The molecule has 0 N–H and O–H groups in total. The Labute approximate surface area is 109 Å². The quantitative estimate of drug-likeness (QED) is 0.748. The van der Waals surface area contributed by atoms with Crippen LogP contribution in [0.3, 0.4) is 0 Å². The predicted molar refractivity (Wildman–Crippen MR) is 71.5 cm³/mol. The lowest BCUT2D eigenvalue weighted by Gasteiger charge is -2.36. The average molecular weight is 247 g/mol. The smallest absolute Gasteiger partial charge is 0.314 e. The van der Waals surface area contributed by atoms with Gasteiger partial charge in [-0.1, -0.05) is 36.8 Å². The summed E-state index contributed by atoms with van der Waals surface area (Å²) >= 11 is 0. The number of likely N-dealkylation sites (N-methyl/N-ethyl adjacent to an activating group) is 1. The number of carbonyl (C=O) groups excluding carboxylic acids is 1. The van der Waals surface area contributed by atoms with Gasteiger partial charge in [0.25, 0.3) is 0 Å². The minimum absolute atomic E-state index is 0.146. The van der Waals surface area contributed by atoms with Crippen LogP contribution in [0.2, 0.25) is 0 Å². The second kappa shape index (κ2) is 6.01. The van der Waals surface area contributed by atoms with E-state index in [2.05, 4.69) is 11.9 Å². The first-order valence-electron chi connectivity index (χ1n) is 6.55. The zero-order valence-corrected chi connectivity index (χ0v) is 11.1. The van der Waals surface area contributed by atoms with Crippen molar-refractivity contribution in [2.24, 2.45) is 0 Å². The van der Waals surface area contributed by atoms with Crippen molar-refractivity contribution in [3.8, 4) is 0 Å². The Kier molecular flexibility index (Phi) is 4.37. The van der Waals surface area contributed by atoms with Crippen LogP contribution in [0.5, 0.6) is 0 Å². The summed E-state index contributed by atoms with van der Waals surface area (Å²) in [5, 5.41) is 0. The largest absolute Gasteiger partial charge is 0.469 e. The number of hydrogen-bond donors (Lipinski definition) is 0. The Morgan fingerprint density at radius 2 is 2.06 bits per heavy atom. The first-order valence-corrected chi connectivity index (χ1v) is 6.55. The molecule has 3 heteroatoms. The van der Waals surface area contributed by atoms with E-state index in [0.717, 1.165) is 12.1 Å². The second-order valence-corrected chi connectivity index (χ2v) is 5.01. The lowest BCUT2D eigenvalue weighted by molar-refractivity contribution is -0.143. The Balaban J connectivity index is 2.07. The molecule has 0 bridgehead atoms. The summed E-state index contributed by atoms with van der Waals surface area (Å²) in [4.78, 5) is 14.2. The highest BCUT2D eigenvalue weighted by molar-refractivity contribution is 5.78. The van der Waals surface area contributed by atoms with Crippen molar-refractivity contribution in [1.29, 1.82) is 0 Å². The molecule has 1 saturated carbocycles.